The van der Waals surface area contributed by atoms with E-state index in [-0.39, 0.29) is 36.1 Å². The lowest BCUT2D eigenvalue weighted by atomic mass is 10.2. The molecule has 2 N–H and O–H groups in total. The molecule has 8 nitrogen and oxygen atoms in total. The highest BCUT2D eigenvalue weighted by Crippen LogP contribution is 2.26. The summed E-state index contributed by atoms with van der Waals surface area (Å²) < 4.78 is 10.9. The number of thiophene rings is 1. The Balaban J connectivity index is 0.00000480. The molecular formula is C21H38IN5O3S. The van der Waals surface area contributed by atoms with E-state index in [2.05, 4.69) is 33.0 Å². The molecular weight excluding hydrogens is 529 g/mol. The SMILES string of the molecule is CCNC(=NCC(c1cccs1)N1CCOCC1)NCCN(C)C(=O)OC(C)(C)C.I. The lowest BCUT2D eigenvalue weighted by Crippen LogP contribution is -2.44. The van der Waals surface area contributed by atoms with Crippen LogP contribution in [-0.4, -0.2) is 87.0 Å². The highest BCUT2D eigenvalue weighted by atomic mass is 127. The van der Waals surface area contributed by atoms with Crippen molar-refractivity contribution < 1.29 is 14.3 Å². The van der Waals surface area contributed by atoms with E-state index in [1.54, 1.807) is 23.3 Å². The quantitative estimate of drug-likeness (QED) is 0.286. The Labute approximate surface area is 207 Å². The van der Waals surface area contributed by atoms with Gasteiger partial charge in [0.05, 0.1) is 25.8 Å². The number of hydrogen-bond donors (Lipinski definition) is 2. The molecule has 0 saturated carbocycles. The van der Waals surface area contributed by atoms with Crippen LogP contribution < -0.4 is 10.6 Å². The van der Waals surface area contributed by atoms with E-state index in [0.29, 0.717) is 19.6 Å². The van der Waals surface area contributed by atoms with Gasteiger partial charge in [0.2, 0.25) is 0 Å². The number of aliphatic imine (C=N–C) groups is 1. The first-order valence-electron chi connectivity index (χ1n) is 10.6. The minimum absolute atomic E-state index is 0. The van der Waals surface area contributed by atoms with E-state index in [0.717, 1.165) is 38.8 Å². The van der Waals surface area contributed by atoms with Gasteiger partial charge >= 0.3 is 6.09 Å². The van der Waals surface area contributed by atoms with E-state index >= 15 is 0 Å². The van der Waals surface area contributed by atoms with Crippen molar-refractivity contribution in [1.29, 1.82) is 0 Å². The van der Waals surface area contributed by atoms with Gasteiger partial charge in [0.25, 0.3) is 0 Å². The van der Waals surface area contributed by atoms with Gasteiger partial charge in [0.15, 0.2) is 5.96 Å². The molecule has 178 valence electrons. The third-order valence-corrected chi connectivity index (χ3v) is 5.54. The minimum Gasteiger partial charge on any atom is -0.444 e. The van der Waals surface area contributed by atoms with E-state index in [1.807, 2.05) is 27.7 Å². The fourth-order valence-corrected chi connectivity index (χ4v) is 3.90. The van der Waals surface area contributed by atoms with E-state index in [9.17, 15) is 4.79 Å². The molecule has 1 aromatic heterocycles. The van der Waals surface area contributed by atoms with Crippen LogP contribution in [0.25, 0.3) is 0 Å². The van der Waals surface area contributed by atoms with Crippen LogP contribution in [0.4, 0.5) is 4.79 Å². The minimum atomic E-state index is -0.495. The van der Waals surface area contributed by atoms with Crippen LogP contribution in [0.15, 0.2) is 22.5 Å². The predicted octanol–water partition coefficient (Wildman–Crippen LogP) is 3.16. The van der Waals surface area contributed by atoms with E-state index in [1.165, 1.54) is 4.88 Å². The van der Waals surface area contributed by atoms with Gasteiger partial charge in [-0.1, -0.05) is 6.07 Å². The summed E-state index contributed by atoms with van der Waals surface area (Å²) in [7, 11) is 1.74. The summed E-state index contributed by atoms with van der Waals surface area (Å²) in [4.78, 5) is 22.3. The highest BCUT2D eigenvalue weighted by Gasteiger charge is 2.23. The molecule has 1 unspecified atom stereocenters. The number of carbonyl (C=O) groups is 1. The van der Waals surface area contributed by atoms with Gasteiger partial charge in [-0.05, 0) is 39.1 Å². The molecule has 0 radical (unpaired) electrons. The third kappa shape index (κ3) is 10.4. The van der Waals surface area contributed by atoms with Gasteiger partial charge in [-0.25, -0.2) is 4.79 Å². The van der Waals surface area contributed by atoms with Crippen molar-refractivity contribution in [2.45, 2.75) is 39.3 Å². The van der Waals surface area contributed by atoms with E-state index in [4.69, 9.17) is 14.5 Å². The summed E-state index contributed by atoms with van der Waals surface area (Å²) in [5, 5.41) is 8.73. The van der Waals surface area contributed by atoms with Gasteiger partial charge in [0, 0.05) is 44.6 Å². The second kappa shape index (κ2) is 14.1. The molecule has 1 fully saturated rings. The van der Waals surface area contributed by atoms with Crippen LogP contribution >= 0.6 is 35.3 Å². The Kier molecular flexibility index (Phi) is 12.7. The number of hydrogen-bond acceptors (Lipinski definition) is 6. The van der Waals surface area contributed by atoms with Gasteiger partial charge < -0.3 is 25.0 Å². The van der Waals surface area contributed by atoms with Crippen molar-refractivity contribution in [3.63, 3.8) is 0 Å². The third-order valence-electron chi connectivity index (χ3n) is 4.57. The number of guanidine groups is 1. The second-order valence-corrected chi connectivity index (χ2v) is 9.21. The van der Waals surface area contributed by atoms with Crippen LogP contribution in [0.5, 0.6) is 0 Å². The van der Waals surface area contributed by atoms with Crippen molar-refractivity contribution >= 4 is 47.4 Å². The van der Waals surface area contributed by atoms with Gasteiger partial charge in [-0.2, -0.15) is 0 Å². The largest absolute Gasteiger partial charge is 0.444 e. The summed E-state index contributed by atoms with van der Waals surface area (Å²) in [6.45, 7) is 13.6. The summed E-state index contributed by atoms with van der Waals surface area (Å²) in [5.74, 6) is 0.755. The first-order chi connectivity index (χ1) is 14.3. The second-order valence-electron chi connectivity index (χ2n) is 8.23. The number of nitrogens with one attached hydrogen (secondary N) is 2. The average Bonchev–Trinajstić information content (AvgIpc) is 3.22. The Hall–Kier alpha value is -1.11. The number of rotatable bonds is 8. The number of morpholine rings is 1. The molecule has 0 aliphatic carbocycles. The molecule has 1 aliphatic heterocycles. The van der Waals surface area contributed by atoms with Crippen LogP contribution in [0, 0.1) is 0 Å². The van der Waals surface area contributed by atoms with Gasteiger partial charge in [-0.3, -0.25) is 9.89 Å². The van der Waals surface area contributed by atoms with Crippen LogP contribution in [0.2, 0.25) is 0 Å². The molecule has 2 heterocycles. The number of ether oxygens (including phenoxy) is 2. The predicted molar refractivity (Wildman–Crippen MR) is 138 cm³/mol. The summed E-state index contributed by atoms with van der Waals surface area (Å²) in [6, 6.07) is 4.51. The van der Waals surface area contributed by atoms with Gasteiger partial charge in [0.1, 0.15) is 5.60 Å². The zero-order valence-corrected chi connectivity index (χ0v) is 22.5. The van der Waals surface area contributed by atoms with Crippen molar-refractivity contribution in [1.82, 2.24) is 20.4 Å². The molecule has 1 amide bonds. The van der Waals surface area contributed by atoms with Crippen molar-refractivity contribution in [2.75, 3.05) is 59.5 Å². The zero-order valence-electron chi connectivity index (χ0n) is 19.3. The highest BCUT2D eigenvalue weighted by molar-refractivity contribution is 14.0. The molecule has 0 spiro atoms. The normalized spacial score (nSPS) is 16.2. The summed E-state index contributed by atoms with van der Waals surface area (Å²) in [6.07, 6.45) is -0.323. The van der Waals surface area contributed by atoms with Crippen molar-refractivity contribution in [3.8, 4) is 0 Å². The molecule has 1 aliphatic rings. The van der Waals surface area contributed by atoms with Crippen LogP contribution in [-0.2, 0) is 9.47 Å². The molecule has 31 heavy (non-hydrogen) atoms. The summed E-state index contributed by atoms with van der Waals surface area (Å²) in [5.41, 5.74) is -0.495. The lowest BCUT2D eigenvalue weighted by molar-refractivity contribution is 0.0186. The number of amides is 1. The van der Waals surface area contributed by atoms with Crippen molar-refractivity contribution in [2.24, 2.45) is 4.99 Å². The van der Waals surface area contributed by atoms with E-state index < -0.39 is 5.60 Å². The Bertz CT molecular complexity index is 660. The lowest BCUT2D eigenvalue weighted by Gasteiger charge is -2.33. The monoisotopic (exact) mass is 567 g/mol. The molecule has 1 saturated heterocycles. The smallest absolute Gasteiger partial charge is 0.410 e. The Morgan fingerprint density at radius 3 is 2.65 bits per heavy atom. The molecule has 0 bridgehead atoms. The average molecular weight is 568 g/mol. The standard InChI is InChI=1S/C21H37N5O3S.HI/c1-6-22-19(23-9-10-25(5)20(27)29-21(2,3)4)24-16-17(18-8-7-15-30-18)26-11-13-28-14-12-26;/h7-8,15,17H,6,9-14,16H2,1-5H3,(H2,22,23,24);1H. The maximum Gasteiger partial charge on any atom is 0.410 e. The maximum atomic E-state index is 12.1. The molecule has 0 aromatic carbocycles. The first-order valence-corrected chi connectivity index (χ1v) is 11.5. The van der Waals surface area contributed by atoms with Crippen molar-refractivity contribution in [3.05, 3.63) is 22.4 Å². The Morgan fingerprint density at radius 1 is 1.35 bits per heavy atom. The molecule has 1 aromatic rings. The summed E-state index contributed by atoms with van der Waals surface area (Å²) >= 11 is 1.77. The first kappa shape index (κ1) is 27.9. The fraction of sp³-hybridized carbons (Fsp3) is 0.714. The Morgan fingerprint density at radius 2 is 2.06 bits per heavy atom. The topological polar surface area (TPSA) is 78.4 Å². The number of likely N-dealkylation sites (N-methyl/N-ethyl adjacent to an activating group) is 1. The number of halogens is 1. The molecule has 10 heteroatoms. The number of carbonyl (C=O) groups excluding carboxylic acids is 1. The zero-order chi connectivity index (χ0) is 22.0. The van der Waals surface area contributed by atoms with Crippen LogP contribution in [0.3, 0.4) is 0 Å². The molecule has 1 atom stereocenters. The maximum absolute atomic E-state index is 12.1. The fourth-order valence-electron chi connectivity index (χ4n) is 3.05. The van der Waals surface area contributed by atoms with Crippen LogP contribution in [0.1, 0.15) is 38.6 Å². The molecule has 2 rings (SSSR count). The van der Waals surface area contributed by atoms with Gasteiger partial charge in [-0.15, -0.1) is 35.3 Å². The number of nitrogens with zero attached hydrogens (tertiary/aromatic N) is 3.